The predicted molar refractivity (Wildman–Crippen MR) is 210 cm³/mol. The maximum atomic E-state index is 14.2. The molecule has 4 atom stereocenters. The van der Waals surface area contributed by atoms with Gasteiger partial charge in [-0.1, -0.05) is 31.0 Å². The smallest absolute Gasteiger partial charge is 0.262 e. The van der Waals surface area contributed by atoms with Crippen molar-refractivity contribution in [1.29, 1.82) is 0 Å². The summed E-state index contributed by atoms with van der Waals surface area (Å²) in [6.07, 6.45) is 6.29. The topological polar surface area (TPSA) is 194 Å². The Bertz CT molecular complexity index is 2160. The standard InChI is InChI=1S/C39H45BN11O6/c1-3-48-21-43-47-34(48)27-9-5-10-29(44-27)49-20-25-24(36(49)54)19-30(50-16-6-13-39(50)22(2)40-39)45-33(25)42-15-18-57-17-14-41-26-8-4-7-23-32(26)38(56)51(37(23)55)28-11-12-31(52)46-35(28)53/h4-5,7,9-10,19,22,26,28,41,43H,3,6,8,11-18,20-21H2,1-2H3,(H,42,45)(H,46,52,53)/t22-,26?,28?,39?/m1/s1. The highest BCUT2D eigenvalue weighted by Gasteiger charge is 2.59. The quantitative estimate of drug-likeness (QED) is 0.127. The van der Waals surface area contributed by atoms with Crippen LogP contribution in [-0.2, 0) is 30.5 Å². The summed E-state index contributed by atoms with van der Waals surface area (Å²) >= 11 is 0. The van der Waals surface area contributed by atoms with Crippen molar-refractivity contribution in [3.63, 3.8) is 0 Å². The monoisotopic (exact) mass is 774 g/mol. The molecule has 8 heterocycles. The van der Waals surface area contributed by atoms with Gasteiger partial charge in [0.2, 0.25) is 11.8 Å². The van der Waals surface area contributed by atoms with E-state index in [0.717, 1.165) is 48.0 Å². The molecule has 295 valence electrons. The van der Waals surface area contributed by atoms with E-state index >= 15 is 0 Å². The van der Waals surface area contributed by atoms with Crippen molar-refractivity contribution in [3.8, 4) is 0 Å². The number of amides is 5. The summed E-state index contributed by atoms with van der Waals surface area (Å²) in [4.78, 5) is 82.2. The Hall–Kier alpha value is -5.62. The Morgan fingerprint density at radius 2 is 1.89 bits per heavy atom. The summed E-state index contributed by atoms with van der Waals surface area (Å²) in [5.74, 6) is 0.993. The lowest BCUT2D eigenvalue weighted by atomic mass is 9.93. The maximum Gasteiger partial charge on any atom is 0.262 e. The van der Waals surface area contributed by atoms with Gasteiger partial charge in [-0.25, -0.2) is 9.97 Å². The normalized spacial score (nSPS) is 26.3. The molecular formula is C39H45BN11O6. The van der Waals surface area contributed by atoms with E-state index in [9.17, 15) is 24.0 Å². The average Bonchev–Trinajstić information content (AvgIpc) is 3.68. The number of nitrogens with zero attached hydrogens (tertiary/aromatic N) is 7. The van der Waals surface area contributed by atoms with E-state index in [2.05, 4.69) is 57.4 Å². The highest BCUT2D eigenvalue weighted by molar-refractivity contribution is 6.58. The minimum Gasteiger partial charge on any atom is -0.378 e. The Morgan fingerprint density at radius 3 is 2.70 bits per heavy atom. The van der Waals surface area contributed by atoms with Gasteiger partial charge in [0.1, 0.15) is 43.1 Å². The molecule has 1 spiro atoms. The van der Waals surface area contributed by atoms with Gasteiger partial charge in [-0.2, -0.15) is 5.10 Å². The number of hydrogen-bond acceptors (Lipinski definition) is 14. The number of anilines is 3. The number of amidine groups is 1. The number of ether oxygens (including phenoxy) is 1. The van der Waals surface area contributed by atoms with Crippen LogP contribution in [0.1, 0.15) is 67.6 Å². The van der Waals surface area contributed by atoms with E-state index in [-0.39, 0.29) is 29.8 Å². The van der Waals surface area contributed by atoms with Crippen LogP contribution < -0.4 is 31.2 Å². The SMILES string of the molecule is CCN1CNN=C1c1cccc(N2Cc3c(cc(N4CCCC45[B][C@@H]5C)nc3NCCOCCNC3CC=CC4=C3C(=O)N(C3CCC(=O)NC3=O)C4=O)C2=O)n1. The first-order chi connectivity index (χ1) is 27.7. The molecule has 17 nitrogen and oxygen atoms in total. The number of rotatable bonds is 13. The molecule has 57 heavy (non-hydrogen) atoms. The summed E-state index contributed by atoms with van der Waals surface area (Å²) < 4.78 is 5.99. The second-order valence-corrected chi connectivity index (χ2v) is 15.4. The van der Waals surface area contributed by atoms with E-state index in [1.54, 1.807) is 11.0 Å². The molecule has 0 aromatic carbocycles. The zero-order valence-corrected chi connectivity index (χ0v) is 32.0. The number of aromatic nitrogens is 2. The Balaban J connectivity index is 0.845. The maximum absolute atomic E-state index is 14.2. The fourth-order valence-electron chi connectivity index (χ4n) is 9.06. The van der Waals surface area contributed by atoms with E-state index in [1.165, 1.54) is 0 Å². The van der Waals surface area contributed by atoms with Crippen LogP contribution in [0.2, 0.25) is 5.82 Å². The molecule has 2 aromatic heterocycles. The summed E-state index contributed by atoms with van der Waals surface area (Å²) in [5, 5.41) is 13.5. The molecule has 6 aliphatic heterocycles. The molecule has 3 fully saturated rings. The van der Waals surface area contributed by atoms with Crippen LogP contribution in [-0.4, -0.2) is 126 Å². The lowest BCUT2D eigenvalue weighted by Gasteiger charge is -2.29. The van der Waals surface area contributed by atoms with Crippen molar-refractivity contribution in [3.05, 3.63) is 64.4 Å². The lowest BCUT2D eigenvalue weighted by Crippen LogP contribution is -2.55. The second kappa shape index (κ2) is 14.7. The number of imide groups is 2. The number of nitrogens with one attached hydrogen (secondary N) is 4. The average molecular weight is 775 g/mol. The van der Waals surface area contributed by atoms with Crippen LogP contribution in [0.5, 0.6) is 0 Å². The van der Waals surface area contributed by atoms with E-state index in [4.69, 9.17) is 14.7 Å². The van der Waals surface area contributed by atoms with Crippen molar-refractivity contribution in [2.75, 3.05) is 61.2 Å². The van der Waals surface area contributed by atoms with Crippen molar-refractivity contribution in [1.82, 2.24) is 35.8 Å². The molecule has 4 N–H and O–H groups in total. The molecule has 1 radical (unpaired) electrons. The molecule has 0 bridgehead atoms. The number of pyridine rings is 2. The fraction of sp³-hybridized carbons (Fsp3) is 0.487. The number of carbonyl (C=O) groups is 5. The summed E-state index contributed by atoms with van der Waals surface area (Å²) in [7, 11) is 2.36. The molecule has 0 saturated carbocycles. The van der Waals surface area contributed by atoms with Crippen molar-refractivity contribution >= 4 is 60.1 Å². The minimum atomic E-state index is -1.01. The first-order valence-electron chi connectivity index (χ1n) is 19.9. The van der Waals surface area contributed by atoms with Crippen LogP contribution in [0.15, 0.2) is 52.7 Å². The predicted octanol–water partition coefficient (Wildman–Crippen LogP) is 0.821. The van der Waals surface area contributed by atoms with Gasteiger partial charge in [0.25, 0.3) is 17.7 Å². The van der Waals surface area contributed by atoms with Crippen LogP contribution in [0, 0.1) is 0 Å². The van der Waals surface area contributed by atoms with Gasteiger partial charge in [-0.15, -0.1) is 0 Å². The van der Waals surface area contributed by atoms with Crippen LogP contribution in [0.4, 0.5) is 17.5 Å². The van der Waals surface area contributed by atoms with E-state index in [0.29, 0.717) is 80.2 Å². The largest absolute Gasteiger partial charge is 0.378 e. The van der Waals surface area contributed by atoms with Gasteiger partial charge in [-0.05, 0) is 50.8 Å². The van der Waals surface area contributed by atoms with Gasteiger partial charge < -0.3 is 25.2 Å². The van der Waals surface area contributed by atoms with E-state index < -0.39 is 35.7 Å². The third-order valence-corrected chi connectivity index (χ3v) is 12.1. The highest BCUT2D eigenvalue weighted by atomic mass is 16.5. The number of hydrazone groups is 1. The first kappa shape index (κ1) is 37.0. The fourth-order valence-corrected chi connectivity index (χ4v) is 9.06. The summed E-state index contributed by atoms with van der Waals surface area (Å²) in [5.41, 5.74) is 5.73. The summed E-state index contributed by atoms with van der Waals surface area (Å²) in [6.45, 7) is 8.41. The molecule has 3 saturated heterocycles. The van der Waals surface area contributed by atoms with Crippen molar-refractivity contribution in [2.24, 2.45) is 5.10 Å². The molecular weight excluding hydrogens is 729 g/mol. The van der Waals surface area contributed by atoms with Crippen LogP contribution in [0.25, 0.3) is 0 Å². The number of fused-ring (bicyclic) bond motifs is 1. The zero-order chi connectivity index (χ0) is 39.4. The van der Waals surface area contributed by atoms with Gasteiger partial charge in [0.15, 0.2) is 5.84 Å². The van der Waals surface area contributed by atoms with E-state index in [1.807, 2.05) is 30.3 Å². The molecule has 9 rings (SSSR count). The highest BCUT2D eigenvalue weighted by Crippen LogP contribution is 2.53. The van der Waals surface area contributed by atoms with Crippen molar-refractivity contribution in [2.45, 2.75) is 75.8 Å². The van der Waals surface area contributed by atoms with Crippen LogP contribution in [0.3, 0.4) is 0 Å². The molecule has 5 amide bonds. The lowest BCUT2D eigenvalue weighted by molar-refractivity contribution is -0.150. The summed E-state index contributed by atoms with van der Waals surface area (Å²) in [6, 6.07) is 6.17. The van der Waals surface area contributed by atoms with Gasteiger partial charge in [-0.3, -0.25) is 44.5 Å². The molecule has 3 unspecified atom stereocenters. The molecule has 1 aliphatic carbocycles. The third kappa shape index (κ3) is 6.44. The van der Waals surface area contributed by atoms with Gasteiger partial charge in [0, 0.05) is 55.2 Å². The first-order valence-corrected chi connectivity index (χ1v) is 19.9. The Morgan fingerprint density at radius 1 is 1.05 bits per heavy atom. The molecule has 7 aliphatic rings. The number of hydrogen-bond donors (Lipinski definition) is 4. The van der Waals surface area contributed by atoms with Gasteiger partial charge in [0.05, 0.1) is 30.9 Å². The second-order valence-electron chi connectivity index (χ2n) is 15.4. The van der Waals surface area contributed by atoms with Crippen molar-refractivity contribution < 1.29 is 28.7 Å². The van der Waals surface area contributed by atoms with Gasteiger partial charge >= 0.3 is 0 Å². The third-order valence-electron chi connectivity index (χ3n) is 12.1. The minimum absolute atomic E-state index is 0.0163. The Kier molecular flexibility index (Phi) is 9.55. The number of piperidine rings is 1. The zero-order valence-electron chi connectivity index (χ0n) is 32.0. The Labute approximate surface area is 330 Å². The molecule has 2 aromatic rings. The number of carbonyl (C=O) groups excluding carboxylic acids is 5. The molecule has 18 heteroatoms. The van der Waals surface area contributed by atoms with Crippen LogP contribution >= 0.6 is 0 Å².